The van der Waals surface area contributed by atoms with E-state index in [1.807, 2.05) is 20.8 Å². The quantitative estimate of drug-likeness (QED) is 0.602. The van der Waals surface area contributed by atoms with Crippen LogP contribution in [0.1, 0.15) is 40.0 Å². The summed E-state index contributed by atoms with van der Waals surface area (Å²) in [5.74, 6) is -1.46. The fraction of sp³-hybridized carbons (Fsp3) is 0.800. The molecule has 1 amide bonds. The van der Waals surface area contributed by atoms with E-state index in [9.17, 15) is 9.59 Å². The summed E-state index contributed by atoms with van der Waals surface area (Å²) in [5.41, 5.74) is 5.14. The summed E-state index contributed by atoms with van der Waals surface area (Å²) < 4.78 is 0. The summed E-state index contributed by atoms with van der Waals surface area (Å²) in [6.45, 7) is 5.84. The highest BCUT2D eigenvalue weighted by atomic mass is 16.4. The van der Waals surface area contributed by atoms with Crippen LogP contribution in [0.2, 0.25) is 0 Å². The lowest BCUT2D eigenvalue weighted by atomic mass is 9.95. The Kier molecular flexibility index (Phi) is 5.28. The van der Waals surface area contributed by atoms with E-state index in [4.69, 9.17) is 10.8 Å². The van der Waals surface area contributed by atoms with Crippen LogP contribution in [0, 0.1) is 0 Å². The number of carboxylic acid groups (broad SMARTS) is 1. The number of rotatable bonds is 6. The van der Waals surface area contributed by atoms with Crippen LogP contribution in [-0.2, 0) is 9.59 Å². The summed E-state index contributed by atoms with van der Waals surface area (Å²) in [7, 11) is 0. The maximum Gasteiger partial charge on any atom is 0.305 e. The van der Waals surface area contributed by atoms with Gasteiger partial charge in [-0.25, -0.2) is 0 Å². The van der Waals surface area contributed by atoms with Crippen LogP contribution in [0.3, 0.4) is 0 Å². The van der Waals surface area contributed by atoms with Gasteiger partial charge in [-0.2, -0.15) is 0 Å². The van der Waals surface area contributed by atoms with E-state index in [0.717, 1.165) is 12.8 Å². The van der Waals surface area contributed by atoms with Crippen molar-refractivity contribution in [3.63, 3.8) is 0 Å². The van der Waals surface area contributed by atoms with E-state index in [-0.39, 0.29) is 12.0 Å². The predicted octanol–water partition coefficient (Wildman–Crippen LogP) is 0.483. The molecule has 0 rings (SSSR count). The maximum atomic E-state index is 11.5. The molecule has 1 unspecified atom stereocenters. The summed E-state index contributed by atoms with van der Waals surface area (Å²) in [6.07, 6.45) is 1.24. The summed E-state index contributed by atoms with van der Waals surface area (Å²) in [5, 5.41) is 11.3. The number of nitrogens with two attached hydrogens (primary N) is 1. The van der Waals surface area contributed by atoms with Gasteiger partial charge in [-0.05, 0) is 19.8 Å². The Morgan fingerprint density at radius 1 is 1.40 bits per heavy atom. The van der Waals surface area contributed by atoms with Gasteiger partial charge in [0.2, 0.25) is 5.91 Å². The Morgan fingerprint density at radius 2 is 1.87 bits per heavy atom. The molecule has 0 aromatic heterocycles. The van der Waals surface area contributed by atoms with Crippen molar-refractivity contribution in [1.29, 1.82) is 0 Å². The zero-order chi connectivity index (χ0) is 12.1. The average molecular weight is 216 g/mol. The van der Waals surface area contributed by atoms with Gasteiger partial charge in [0, 0.05) is 5.54 Å². The van der Waals surface area contributed by atoms with Gasteiger partial charge in [-0.3, -0.25) is 9.59 Å². The van der Waals surface area contributed by atoms with Crippen LogP contribution >= 0.6 is 0 Å². The van der Waals surface area contributed by atoms with Crippen LogP contribution in [0.15, 0.2) is 0 Å². The minimum atomic E-state index is -1.06. The number of amides is 1. The second-order valence-electron chi connectivity index (χ2n) is 3.96. The number of carbonyl (C=O) groups excluding carboxylic acids is 1. The number of carboxylic acids is 1. The molecule has 5 nitrogen and oxygen atoms in total. The summed E-state index contributed by atoms with van der Waals surface area (Å²) >= 11 is 0. The van der Waals surface area contributed by atoms with Gasteiger partial charge in [0.05, 0.1) is 12.5 Å². The number of nitrogens with one attached hydrogen (secondary N) is 1. The van der Waals surface area contributed by atoms with E-state index in [2.05, 4.69) is 5.32 Å². The molecule has 0 spiro atoms. The Bertz CT molecular complexity index is 237. The molecule has 0 aliphatic heterocycles. The molecule has 5 heteroatoms. The highest BCUT2D eigenvalue weighted by molar-refractivity contribution is 5.86. The highest BCUT2D eigenvalue weighted by Crippen LogP contribution is 2.13. The molecule has 15 heavy (non-hydrogen) atoms. The van der Waals surface area contributed by atoms with E-state index in [1.54, 1.807) is 0 Å². The minimum Gasteiger partial charge on any atom is -0.481 e. The van der Waals surface area contributed by atoms with E-state index >= 15 is 0 Å². The third kappa shape index (κ3) is 4.78. The molecule has 0 fully saturated rings. The van der Waals surface area contributed by atoms with Crippen molar-refractivity contribution in [3.8, 4) is 0 Å². The molecule has 0 aromatic carbocycles. The van der Waals surface area contributed by atoms with Gasteiger partial charge in [0.25, 0.3) is 0 Å². The SMILES string of the molecule is CCC(C)(CC)NC(=O)C(N)CC(=O)O. The Balaban J connectivity index is 4.28. The van der Waals surface area contributed by atoms with Crippen molar-refractivity contribution < 1.29 is 14.7 Å². The van der Waals surface area contributed by atoms with Crippen molar-refractivity contribution >= 4 is 11.9 Å². The maximum absolute atomic E-state index is 11.5. The second kappa shape index (κ2) is 5.70. The molecule has 1 atom stereocenters. The zero-order valence-electron chi connectivity index (χ0n) is 9.54. The van der Waals surface area contributed by atoms with Crippen molar-refractivity contribution in [2.75, 3.05) is 0 Å². The number of hydrogen-bond donors (Lipinski definition) is 3. The molecule has 4 N–H and O–H groups in total. The number of carbonyl (C=O) groups is 2. The molecule has 0 radical (unpaired) electrons. The number of hydrogen-bond acceptors (Lipinski definition) is 3. The van der Waals surface area contributed by atoms with Gasteiger partial charge >= 0.3 is 5.97 Å². The van der Waals surface area contributed by atoms with Crippen LogP contribution in [0.5, 0.6) is 0 Å². The fourth-order valence-electron chi connectivity index (χ4n) is 1.10. The highest BCUT2D eigenvalue weighted by Gasteiger charge is 2.25. The van der Waals surface area contributed by atoms with Gasteiger partial charge in [0.1, 0.15) is 0 Å². The molecule has 0 aromatic rings. The summed E-state index contributed by atoms with van der Waals surface area (Å²) in [6, 6.07) is -0.972. The minimum absolute atomic E-state index is 0.298. The Labute approximate surface area is 90.0 Å². The predicted molar refractivity (Wildman–Crippen MR) is 57.4 cm³/mol. The normalized spacial score (nSPS) is 13.3. The third-order valence-corrected chi connectivity index (χ3v) is 2.72. The Hall–Kier alpha value is -1.10. The molecular weight excluding hydrogens is 196 g/mol. The first-order valence-electron chi connectivity index (χ1n) is 5.14. The van der Waals surface area contributed by atoms with Crippen molar-refractivity contribution in [2.45, 2.75) is 51.6 Å². The van der Waals surface area contributed by atoms with Crippen LogP contribution in [0.4, 0.5) is 0 Å². The van der Waals surface area contributed by atoms with Gasteiger partial charge in [-0.1, -0.05) is 13.8 Å². The average Bonchev–Trinajstić information content (AvgIpc) is 2.16. The lowest BCUT2D eigenvalue weighted by molar-refractivity contribution is -0.139. The van der Waals surface area contributed by atoms with Gasteiger partial charge < -0.3 is 16.2 Å². The molecule has 88 valence electrons. The lowest BCUT2D eigenvalue weighted by Gasteiger charge is -2.29. The molecular formula is C10H20N2O3. The molecule has 0 bridgehead atoms. The first-order valence-corrected chi connectivity index (χ1v) is 5.14. The molecule has 0 saturated heterocycles. The monoisotopic (exact) mass is 216 g/mol. The first-order chi connectivity index (χ1) is 6.84. The number of aliphatic carboxylic acids is 1. The molecule has 0 heterocycles. The van der Waals surface area contributed by atoms with Crippen molar-refractivity contribution in [3.05, 3.63) is 0 Å². The smallest absolute Gasteiger partial charge is 0.305 e. The third-order valence-electron chi connectivity index (χ3n) is 2.72. The van der Waals surface area contributed by atoms with E-state index < -0.39 is 17.9 Å². The van der Waals surface area contributed by atoms with Crippen molar-refractivity contribution in [2.24, 2.45) is 5.73 Å². The zero-order valence-corrected chi connectivity index (χ0v) is 9.54. The fourth-order valence-corrected chi connectivity index (χ4v) is 1.10. The van der Waals surface area contributed by atoms with Crippen LogP contribution in [-0.4, -0.2) is 28.6 Å². The van der Waals surface area contributed by atoms with Gasteiger partial charge in [0.15, 0.2) is 0 Å². The van der Waals surface area contributed by atoms with Crippen LogP contribution in [0.25, 0.3) is 0 Å². The topological polar surface area (TPSA) is 92.4 Å². The molecule has 0 aliphatic rings. The summed E-state index contributed by atoms with van der Waals surface area (Å²) in [4.78, 5) is 21.9. The van der Waals surface area contributed by atoms with E-state index in [0.29, 0.717) is 0 Å². The lowest BCUT2D eigenvalue weighted by Crippen LogP contribution is -2.52. The van der Waals surface area contributed by atoms with Crippen molar-refractivity contribution in [1.82, 2.24) is 5.32 Å². The van der Waals surface area contributed by atoms with Crippen LogP contribution < -0.4 is 11.1 Å². The standard InChI is InChI=1S/C10H20N2O3/c1-4-10(3,5-2)12-9(15)7(11)6-8(13)14/h7H,4-6,11H2,1-3H3,(H,12,15)(H,13,14). The molecule has 0 aliphatic carbocycles. The first kappa shape index (κ1) is 13.9. The molecule has 0 saturated carbocycles. The van der Waals surface area contributed by atoms with E-state index in [1.165, 1.54) is 0 Å². The second-order valence-corrected chi connectivity index (χ2v) is 3.96. The van der Waals surface area contributed by atoms with Gasteiger partial charge in [-0.15, -0.1) is 0 Å². The largest absolute Gasteiger partial charge is 0.481 e. The Morgan fingerprint density at radius 3 is 2.20 bits per heavy atom.